The molecule has 0 bridgehead atoms. The summed E-state index contributed by atoms with van der Waals surface area (Å²) in [6.07, 6.45) is -9.59. The molecule has 0 saturated heterocycles. The molecule has 0 atom stereocenters. The van der Waals surface area contributed by atoms with Gasteiger partial charge in [-0.15, -0.1) is 0 Å². The molecule has 15 heteroatoms. The van der Waals surface area contributed by atoms with E-state index >= 15 is 0 Å². The molecular weight excluding hydrogens is 423 g/mol. The second kappa shape index (κ2) is 6.70. The van der Waals surface area contributed by atoms with Crippen molar-refractivity contribution < 1.29 is 61.5 Å². The standard InChI is InChI=1S/C11H13F13OSi/c1-25-26(2,3)5-4-6(12,13)7(14,15)8(16,17)9(18,19)10(20,21)11(22,23)24/h4-5H2,1-3H3. The Hall–Kier alpha value is -0.733. The van der Waals surface area contributed by atoms with Gasteiger partial charge in [-0.3, -0.25) is 0 Å². The van der Waals surface area contributed by atoms with Gasteiger partial charge in [-0.1, -0.05) is 0 Å². The van der Waals surface area contributed by atoms with Crippen molar-refractivity contribution in [3.8, 4) is 0 Å². The number of alkyl halides is 13. The maximum Gasteiger partial charge on any atom is 0.460 e. The molecule has 0 aliphatic heterocycles. The topological polar surface area (TPSA) is 9.23 Å². The van der Waals surface area contributed by atoms with E-state index in [-0.39, 0.29) is 0 Å². The largest absolute Gasteiger partial charge is 0.460 e. The van der Waals surface area contributed by atoms with Crippen molar-refractivity contribution in [1.29, 1.82) is 0 Å². The quantitative estimate of drug-likeness (QED) is 0.337. The Balaban J connectivity index is 6.01. The van der Waals surface area contributed by atoms with Gasteiger partial charge < -0.3 is 4.43 Å². The summed E-state index contributed by atoms with van der Waals surface area (Å²) >= 11 is 0. The maximum atomic E-state index is 13.5. The summed E-state index contributed by atoms with van der Waals surface area (Å²) in [5, 5.41) is 0. The van der Waals surface area contributed by atoms with Crippen LogP contribution in [0.2, 0.25) is 19.1 Å². The Labute approximate surface area is 139 Å². The minimum absolute atomic E-state index is 0.967. The number of hydrogen-bond acceptors (Lipinski definition) is 1. The molecule has 0 aromatic rings. The van der Waals surface area contributed by atoms with E-state index in [0.29, 0.717) is 0 Å². The Bertz CT molecular complexity index is 497. The minimum atomic E-state index is -7.85. The van der Waals surface area contributed by atoms with Crippen LogP contribution in [-0.2, 0) is 4.43 Å². The molecule has 0 heterocycles. The van der Waals surface area contributed by atoms with Gasteiger partial charge >= 0.3 is 35.8 Å². The molecule has 0 aliphatic carbocycles. The van der Waals surface area contributed by atoms with Crippen molar-refractivity contribution in [3.63, 3.8) is 0 Å². The van der Waals surface area contributed by atoms with Crippen molar-refractivity contribution in [2.24, 2.45) is 0 Å². The lowest BCUT2D eigenvalue weighted by atomic mass is 9.93. The van der Waals surface area contributed by atoms with Gasteiger partial charge in [0.05, 0.1) is 0 Å². The fourth-order valence-electron chi connectivity index (χ4n) is 1.52. The van der Waals surface area contributed by atoms with Crippen molar-refractivity contribution in [1.82, 2.24) is 0 Å². The molecule has 0 amide bonds. The van der Waals surface area contributed by atoms with Gasteiger partial charge in [0.25, 0.3) is 0 Å². The monoisotopic (exact) mass is 436 g/mol. The lowest BCUT2D eigenvalue weighted by Gasteiger charge is -2.40. The molecule has 0 aromatic heterocycles. The molecule has 1 nitrogen and oxygen atoms in total. The van der Waals surface area contributed by atoms with Crippen molar-refractivity contribution >= 4 is 8.32 Å². The SMILES string of the molecule is CO[Si](C)(C)CCC(F)(F)C(F)(F)C(F)(F)C(F)(F)C(F)(F)C(F)(F)F. The number of halogens is 13. The van der Waals surface area contributed by atoms with Crippen LogP contribution in [0.3, 0.4) is 0 Å². The summed E-state index contributed by atoms with van der Waals surface area (Å²) in [7, 11) is -2.14. The first-order valence-electron chi connectivity index (χ1n) is 6.53. The van der Waals surface area contributed by atoms with E-state index in [0.717, 1.165) is 20.2 Å². The Morgan fingerprint density at radius 2 is 0.962 bits per heavy atom. The molecule has 0 fully saturated rings. The fourth-order valence-corrected chi connectivity index (χ4v) is 2.64. The average Bonchev–Trinajstić information content (AvgIpc) is 2.43. The van der Waals surface area contributed by atoms with E-state index < -0.39 is 56.6 Å². The highest BCUT2D eigenvalue weighted by molar-refractivity contribution is 6.71. The van der Waals surface area contributed by atoms with Crippen LogP contribution in [0.4, 0.5) is 57.1 Å². The van der Waals surface area contributed by atoms with Gasteiger partial charge in [-0.25, -0.2) is 0 Å². The lowest BCUT2D eigenvalue weighted by molar-refractivity contribution is -0.439. The van der Waals surface area contributed by atoms with Crippen LogP contribution < -0.4 is 0 Å². The normalized spacial score (nSPS) is 16.2. The first kappa shape index (κ1) is 25.3. The molecule has 0 saturated carbocycles. The summed E-state index contributed by atoms with van der Waals surface area (Å²) in [5.41, 5.74) is 0. The van der Waals surface area contributed by atoms with Gasteiger partial charge in [0, 0.05) is 13.5 Å². The minimum Gasteiger partial charge on any atom is -0.420 e. The summed E-state index contributed by atoms with van der Waals surface area (Å²) in [6, 6.07) is -0.997. The van der Waals surface area contributed by atoms with Gasteiger partial charge in [0.1, 0.15) is 0 Å². The van der Waals surface area contributed by atoms with E-state index in [2.05, 4.69) is 4.43 Å². The smallest absolute Gasteiger partial charge is 0.420 e. The van der Waals surface area contributed by atoms with Crippen LogP contribution in [0, 0.1) is 0 Å². The molecule has 0 unspecified atom stereocenters. The molecule has 0 N–H and O–H groups in total. The summed E-state index contributed by atoms with van der Waals surface area (Å²) in [4.78, 5) is 0. The molecular formula is C11H13F13OSi. The predicted molar refractivity (Wildman–Crippen MR) is 64.7 cm³/mol. The maximum absolute atomic E-state index is 13.5. The Morgan fingerprint density at radius 3 is 1.27 bits per heavy atom. The van der Waals surface area contributed by atoms with E-state index in [1.807, 2.05) is 0 Å². The molecule has 0 aliphatic rings. The highest BCUT2D eigenvalue weighted by Crippen LogP contribution is 2.60. The van der Waals surface area contributed by atoms with E-state index in [9.17, 15) is 57.1 Å². The third kappa shape index (κ3) is 3.92. The lowest BCUT2D eigenvalue weighted by Crippen LogP contribution is -2.70. The first-order chi connectivity index (χ1) is 11.0. The van der Waals surface area contributed by atoms with Crippen LogP contribution in [-0.4, -0.2) is 51.2 Å². The molecule has 158 valence electrons. The molecule has 0 spiro atoms. The number of hydrogen-bond donors (Lipinski definition) is 0. The second-order valence-corrected chi connectivity index (χ2v) is 10.4. The molecule has 0 aromatic carbocycles. The zero-order valence-corrected chi connectivity index (χ0v) is 14.2. The van der Waals surface area contributed by atoms with Crippen molar-refractivity contribution in [2.75, 3.05) is 7.11 Å². The molecule has 26 heavy (non-hydrogen) atoms. The summed E-state index contributed by atoms with van der Waals surface area (Å²) < 4.78 is 172. The highest BCUT2D eigenvalue weighted by atomic mass is 28.4. The van der Waals surface area contributed by atoms with E-state index in [1.165, 1.54) is 0 Å². The third-order valence-electron chi connectivity index (χ3n) is 3.59. The van der Waals surface area contributed by atoms with Gasteiger partial charge in [-0.2, -0.15) is 57.1 Å². The van der Waals surface area contributed by atoms with Crippen molar-refractivity contribution in [3.05, 3.63) is 0 Å². The van der Waals surface area contributed by atoms with Crippen LogP contribution >= 0.6 is 0 Å². The summed E-state index contributed by atoms with van der Waals surface area (Å²) in [6.45, 7) is 2.32. The highest BCUT2D eigenvalue weighted by Gasteiger charge is 2.90. The van der Waals surface area contributed by atoms with Crippen LogP contribution in [0.1, 0.15) is 6.42 Å². The van der Waals surface area contributed by atoms with E-state index in [4.69, 9.17) is 0 Å². The summed E-state index contributed by atoms with van der Waals surface area (Å²) in [5.74, 6) is -36.5. The van der Waals surface area contributed by atoms with Crippen molar-refractivity contribution in [2.45, 2.75) is 61.3 Å². The zero-order valence-electron chi connectivity index (χ0n) is 13.2. The van der Waals surface area contributed by atoms with Gasteiger partial charge in [-0.05, 0) is 19.1 Å². The average molecular weight is 436 g/mol. The predicted octanol–water partition coefficient (Wildman–Crippen LogP) is 5.97. The fraction of sp³-hybridized carbons (Fsp3) is 1.00. The second-order valence-electron chi connectivity index (χ2n) is 5.96. The zero-order chi connectivity index (χ0) is 21.6. The van der Waals surface area contributed by atoms with Crippen LogP contribution in [0.15, 0.2) is 0 Å². The number of rotatable bonds is 8. The van der Waals surface area contributed by atoms with Gasteiger partial charge in [0.2, 0.25) is 0 Å². The molecule has 0 radical (unpaired) electrons. The van der Waals surface area contributed by atoms with Crippen LogP contribution in [0.25, 0.3) is 0 Å². The van der Waals surface area contributed by atoms with Crippen LogP contribution in [0.5, 0.6) is 0 Å². The third-order valence-corrected chi connectivity index (χ3v) is 6.15. The Morgan fingerprint density at radius 1 is 0.615 bits per heavy atom. The van der Waals surface area contributed by atoms with E-state index in [1.54, 1.807) is 0 Å². The first-order valence-corrected chi connectivity index (χ1v) is 9.64. The van der Waals surface area contributed by atoms with Gasteiger partial charge in [0.15, 0.2) is 8.32 Å². The Kier molecular flexibility index (Phi) is 6.51. The molecule has 0 rings (SSSR count).